The first-order valence-electron chi connectivity index (χ1n) is 3.40. The van der Waals surface area contributed by atoms with Crippen molar-refractivity contribution in [3.8, 4) is 0 Å². The Morgan fingerprint density at radius 2 is 2.40 bits per heavy atom. The number of ether oxygens (including phenoxy) is 1. The molecule has 0 saturated carbocycles. The van der Waals surface area contributed by atoms with E-state index in [0.717, 1.165) is 0 Å². The summed E-state index contributed by atoms with van der Waals surface area (Å²) in [7, 11) is 0. The van der Waals surface area contributed by atoms with Crippen molar-refractivity contribution < 1.29 is 9.84 Å². The van der Waals surface area contributed by atoms with E-state index < -0.39 is 5.60 Å². The highest BCUT2D eigenvalue weighted by Crippen LogP contribution is 2.07. The Balaban J connectivity index is 2.46. The van der Waals surface area contributed by atoms with Crippen LogP contribution >= 0.6 is 0 Å². The summed E-state index contributed by atoms with van der Waals surface area (Å²) in [6.45, 7) is 3.87. The van der Waals surface area contributed by atoms with Crippen LogP contribution in [0.25, 0.3) is 0 Å². The first kappa shape index (κ1) is 7.94. The van der Waals surface area contributed by atoms with Gasteiger partial charge in [-0.2, -0.15) is 0 Å². The van der Waals surface area contributed by atoms with Gasteiger partial charge in [0.05, 0.1) is 18.8 Å². The lowest BCUT2D eigenvalue weighted by Gasteiger charge is -2.23. The number of rotatable bonds is 0. The fourth-order valence-corrected chi connectivity index (χ4v) is 1.04. The molecule has 0 spiro atoms. The van der Waals surface area contributed by atoms with Gasteiger partial charge < -0.3 is 9.84 Å². The highest BCUT2D eigenvalue weighted by Gasteiger charge is 2.25. The van der Waals surface area contributed by atoms with Gasteiger partial charge in [0.15, 0.2) is 0 Å². The first-order valence-corrected chi connectivity index (χ1v) is 3.40. The second kappa shape index (κ2) is 2.84. The maximum absolute atomic E-state index is 9.48. The van der Waals surface area contributed by atoms with Crippen LogP contribution in [-0.2, 0) is 4.74 Å². The van der Waals surface area contributed by atoms with Gasteiger partial charge in [-0.3, -0.25) is 5.84 Å². The van der Waals surface area contributed by atoms with Gasteiger partial charge in [0.1, 0.15) is 0 Å². The minimum atomic E-state index is -0.786. The van der Waals surface area contributed by atoms with E-state index in [1.54, 1.807) is 11.9 Å². The van der Waals surface area contributed by atoms with Gasteiger partial charge in [0.25, 0.3) is 0 Å². The first-order chi connectivity index (χ1) is 4.60. The molecule has 1 aliphatic rings. The lowest BCUT2D eigenvalue weighted by molar-refractivity contribution is -0.0220. The minimum Gasteiger partial charge on any atom is -0.386 e. The monoisotopic (exact) mass is 146 g/mol. The lowest BCUT2D eigenvalue weighted by Crippen LogP contribution is -2.44. The van der Waals surface area contributed by atoms with Gasteiger partial charge >= 0.3 is 0 Å². The average molecular weight is 146 g/mol. The molecular weight excluding hydrogens is 132 g/mol. The van der Waals surface area contributed by atoms with Crippen molar-refractivity contribution in [3.63, 3.8) is 0 Å². The molecule has 1 unspecified atom stereocenters. The van der Waals surface area contributed by atoms with Crippen LogP contribution in [0.3, 0.4) is 0 Å². The van der Waals surface area contributed by atoms with E-state index >= 15 is 0 Å². The molecule has 1 rings (SSSR count). The third kappa shape index (κ3) is 2.22. The van der Waals surface area contributed by atoms with Gasteiger partial charge in [0.2, 0.25) is 0 Å². The van der Waals surface area contributed by atoms with Crippen LogP contribution < -0.4 is 5.84 Å². The molecule has 1 aliphatic heterocycles. The van der Waals surface area contributed by atoms with Crippen LogP contribution in [0, 0.1) is 0 Å². The Hall–Kier alpha value is -0.160. The predicted molar refractivity (Wildman–Crippen MR) is 37.2 cm³/mol. The van der Waals surface area contributed by atoms with Gasteiger partial charge in [-0.1, -0.05) is 0 Å². The molecule has 0 aliphatic carbocycles. The van der Waals surface area contributed by atoms with Crippen molar-refractivity contribution in [2.75, 3.05) is 26.3 Å². The zero-order valence-corrected chi connectivity index (χ0v) is 6.21. The van der Waals surface area contributed by atoms with Gasteiger partial charge in [-0.05, 0) is 6.92 Å². The minimum absolute atomic E-state index is 0.376. The lowest BCUT2D eigenvalue weighted by atomic mass is 10.1. The number of nitrogens with zero attached hydrogens (tertiary/aromatic N) is 1. The molecule has 0 aromatic rings. The van der Waals surface area contributed by atoms with Gasteiger partial charge in [-0.15, -0.1) is 0 Å². The number of aliphatic hydroxyl groups is 1. The molecule has 60 valence electrons. The van der Waals surface area contributed by atoms with Crippen LogP contribution in [0.1, 0.15) is 6.92 Å². The van der Waals surface area contributed by atoms with E-state index in [-0.39, 0.29) is 0 Å². The normalized spacial score (nSPS) is 37.5. The Labute approximate surface area is 60.5 Å². The second-order valence-electron chi connectivity index (χ2n) is 3.02. The van der Waals surface area contributed by atoms with Crippen molar-refractivity contribution >= 4 is 0 Å². The molecule has 1 saturated heterocycles. The maximum Gasteiger partial charge on any atom is 0.0992 e. The van der Waals surface area contributed by atoms with Gasteiger partial charge in [-0.25, -0.2) is 5.01 Å². The van der Waals surface area contributed by atoms with Crippen LogP contribution in [0.4, 0.5) is 0 Å². The summed E-state index contributed by atoms with van der Waals surface area (Å²) in [6.07, 6.45) is 0. The smallest absolute Gasteiger partial charge is 0.0992 e. The summed E-state index contributed by atoms with van der Waals surface area (Å²) < 4.78 is 5.11. The largest absolute Gasteiger partial charge is 0.386 e. The van der Waals surface area contributed by atoms with Gasteiger partial charge in [0, 0.05) is 13.1 Å². The fourth-order valence-electron chi connectivity index (χ4n) is 1.04. The second-order valence-corrected chi connectivity index (χ2v) is 3.02. The zero-order valence-electron chi connectivity index (χ0n) is 6.21. The van der Waals surface area contributed by atoms with E-state index in [1.807, 2.05) is 0 Å². The summed E-state index contributed by atoms with van der Waals surface area (Å²) in [6, 6.07) is 0. The Morgan fingerprint density at radius 1 is 1.70 bits per heavy atom. The molecule has 4 nitrogen and oxygen atoms in total. The van der Waals surface area contributed by atoms with Crippen molar-refractivity contribution in [1.82, 2.24) is 5.01 Å². The van der Waals surface area contributed by atoms with E-state index in [9.17, 15) is 5.11 Å². The average Bonchev–Trinajstić information content (AvgIpc) is 1.90. The zero-order chi connectivity index (χ0) is 7.61. The molecule has 4 heteroatoms. The number of β-amino-alcohol motifs (C(OH)–C–C–N with tert-alkyl or cyclic N) is 1. The summed E-state index contributed by atoms with van der Waals surface area (Å²) in [5, 5.41) is 11.1. The fraction of sp³-hybridized carbons (Fsp3) is 1.00. The summed E-state index contributed by atoms with van der Waals surface area (Å²) in [5.41, 5.74) is -0.786. The topological polar surface area (TPSA) is 58.7 Å². The molecule has 1 heterocycles. The number of hydrogen-bond acceptors (Lipinski definition) is 4. The van der Waals surface area contributed by atoms with Crippen molar-refractivity contribution in [1.29, 1.82) is 0 Å². The number of hydrogen-bond donors (Lipinski definition) is 2. The van der Waals surface area contributed by atoms with Crippen LogP contribution in [0.15, 0.2) is 0 Å². The molecule has 0 aromatic heterocycles. The molecule has 0 radical (unpaired) electrons. The summed E-state index contributed by atoms with van der Waals surface area (Å²) in [4.78, 5) is 0. The Kier molecular flexibility index (Phi) is 2.25. The van der Waals surface area contributed by atoms with Crippen molar-refractivity contribution in [2.45, 2.75) is 12.5 Å². The van der Waals surface area contributed by atoms with E-state index in [4.69, 9.17) is 10.6 Å². The molecule has 0 aromatic carbocycles. The highest BCUT2D eigenvalue weighted by molar-refractivity contribution is 4.77. The maximum atomic E-state index is 9.48. The third-order valence-electron chi connectivity index (χ3n) is 1.48. The van der Waals surface area contributed by atoms with Crippen LogP contribution in [0.2, 0.25) is 0 Å². The molecule has 3 N–H and O–H groups in total. The molecule has 0 amide bonds. The number of nitrogens with two attached hydrogens (primary N) is 1. The SMILES string of the molecule is CC1(O)COCCN(N)C1. The molecule has 1 fully saturated rings. The van der Waals surface area contributed by atoms with Crippen molar-refractivity contribution in [3.05, 3.63) is 0 Å². The van der Waals surface area contributed by atoms with Crippen LogP contribution in [-0.4, -0.2) is 42.0 Å². The van der Waals surface area contributed by atoms with Crippen LogP contribution in [0.5, 0.6) is 0 Å². The number of hydrazine groups is 1. The molecule has 0 bridgehead atoms. The standard InChI is InChI=1S/C6H14N2O2/c1-6(9)4-8(7)2-3-10-5-6/h9H,2-5,7H2,1H3. The molecular formula is C6H14N2O2. The predicted octanol–water partition coefficient (Wildman–Crippen LogP) is -1.06. The molecule has 10 heavy (non-hydrogen) atoms. The van der Waals surface area contributed by atoms with E-state index in [2.05, 4.69) is 0 Å². The molecule has 1 atom stereocenters. The Bertz CT molecular complexity index is 116. The summed E-state index contributed by atoms with van der Waals surface area (Å²) in [5.74, 6) is 5.50. The van der Waals surface area contributed by atoms with E-state index in [1.165, 1.54) is 0 Å². The summed E-state index contributed by atoms with van der Waals surface area (Å²) >= 11 is 0. The van der Waals surface area contributed by atoms with E-state index in [0.29, 0.717) is 26.3 Å². The Morgan fingerprint density at radius 3 is 3.10 bits per heavy atom. The van der Waals surface area contributed by atoms with Crippen molar-refractivity contribution in [2.24, 2.45) is 5.84 Å². The quantitative estimate of drug-likeness (QED) is 0.428. The highest BCUT2D eigenvalue weighted by atomic mass is 16.5. The third-order valence-corrected chi connectivity index (χ3v) is 1.48.